The Bertz CT molecular complexity index is 1050. The van der Waals surface area contributed by atoms with Gasteiger partial charge in [-0.25, -0.2) is 0 Å². The van der Waals surface area contributed by atoms with Crippen molar-refractivity contribution < 1.29 is 0 Å². The molecule has 39 heavy (non-hydrogen) atoms. The van der Waals surface area contributed by atoms with Crippen LogP contribution in [0.15, 0.2) is 36.9 Å². The second-order valence-electron chi connectivity index (χ2n) is 15.4. The average Bonchev–Trinajstić information content (AvgIpc) is 3.25. The van der Waals surface area contributed by atoms with Gasteiger partial charge in [0.2, 0.25) is 0 Å². The summed E-state index contributed by atoms with van der Waals surface area (Å²) in [4.78, 5) is 0. The Morgan fingerprint density at radius 2 is 1.72 bits per heavy atom. The van der Waals surface area contributed by atoms with Crippen LogP contribution >= 0.6 is 0 Å². The van der Waals surface area contributed by atoms with Gasteiger partial charge in [-0.05, 0) is 139 Å². The zero-order valence-electron chi connectivity index (χ0n) is 26.1. The number of hydrogen-bond donors (Lipinski definition) is 2. The molecule has 5 rings (SSSR count). The molecule has 9 unspecified atom stereocenters. The van der Waals surface area contributed by atoms with Gasteiger partial charge < -0.3 is 11.1 Å². The third-order valence-corrected chi connectivity index (χ3v) is 12.7. The standard InChI is InChI=1S/C37H58N2/c1-24(2)9-8-10-25(3)33-13-14-34-32-12-11-29-20-27(15-17-36(29,5)35(32)16-18-37(33,34)6)19-26(4)28-21-30(38)23-31(22-28)39-7/h11-12,21-25,27,29,32-35,39H,4,8-10,13-20,38H2,1-3,5-7H3. The summed E-state index contributed by atoms with van der Waals surface area (Å²) >= 11 is 0. The normalized spacial score (nSPS) is 38.1. The smallest absolute Gasteiger partial charge is 0.0364 e. The highest BCUT2D eigenvalue weighted by atomic mass is 14.8. The Balaban J connectivity index is 1.25. The molecule has 3 saturated carbocycles. The highest BCUT2D eigenvalue weighted by Crippen LogP contribution is 2.67. The number of hydrogen-bond acceptors (Lipinski definition) is 2. The quantitative estimate of drug-likeness (QED) is 0.246. The Kier molecular flexibility index (Phi) is 8.34. The summed E-state index contributed by atoms with van der Waals surface area (Å²) in [6.45, 7) is 17.3. The lowest BCUT2D eigenvalue weighted by Gasteiger charge is -2.59. The number of fused-ring (bicyclic) bond motifs is 5. The minimum atomic E-state index is 0.482. The topological polar surface area (TPSA) is 38.0 Å². The molecular weight excluding hydrogens is 472 g/mol. The van der Waals surface area contributed by atoms with Crippen LogP contribution in [0, 0.1) is 58.2 Å². The first-order valence-electron chi connectivity index (χ1n) is 16.5. The Morgan fingerprint density at radius 3 is 2.46 bits per heavy atom. The summed E-state index contributed by atoms with van der Waals surface area (Å²) in [5.74, 6) is 6.74. The second-order valence-corrected chi connectivity index (χ2v) is 15.4. The van der Waals surface area contributed by atoms with Gasteiger partial charge in [-0.15, -0.1) is 0 Å². The highest BCUT2D eigenvalue weighted by Gasteiger charge is 2.59. The van der Waals surface area contributed by atoms with Crippen molar-refractivity contribution in [1.82, 2.24) is 0 Å². The third-order valence-electron chi connectivity index (χ3n) is 12.7. The summed E-state index contributed by atoms with van der Waals surface area (Å²) < 4.78 is 0. The fourth-order valence-corrected chi connectivity index (χ4v) is 10.4. The average molecular weight is 531 g/mol. The summed E-state index contributed by atoms with van der Waals surface area (Å²) in [6.07, 6.45) is 20.7. The zero-order chi connectivity index (χ0) is 27.9. The minimum Gasteiger partial charge on any atom is -0.399 e. The van der Waals surface area contributed by atoms with E-state index in [4.69, 9.17) is 5.73 Å². The molecule has 3 fully saturated rings. The number of allylic oxidation sites excluding steroid dienone is 3. The molecule has 216 valence electrons. The minimum absolute atomic E-state index is 0.482. The van der Waals surface area contributed by atoms with Crippen molar-refractivity contribution in [3.8, 4) is 0 Å². The highest BCUT2D eigenvalue weighted by molar-refractivity contribution is 5.71. The molecule has 0 aromatic heterocycles. The zero-order valence-corrected chi connectivity index (χ0v) is 26.1. The summed E-state index contributed by atoms with van der Waals surface area (Å²) in [6, 6.07) is 6.30. The number of anilines is 2. The molecule has 2 heteroatoms. The molecule has 4 aliphatic carbocycles. The van der Waals surface area contributed by atoms with Crippen LogP contribution in [0.4, 0.5) is 11.4 Å². The van der Waals surface area contributed by atoms with Gasteiger partial charge in [0.25, 0.3) is 0 Å². The molecule has 0 aliphatic heterocycles. The van der Waals surface area contributed by atoms with Gasteiger partial charge in [0.05, 0.1) is 0 Å². The van der Waals surface area contributed by atoms with E-state index in [-0.39, 0.29) is 0 Å². The fraction of sp³-hybridized carbons (Fsp3) is 0.730. The van der Waals surface area contributed by atoms with E-state index in [1.807, 2.05) is 13.1 Å². The van der Waals surface area contributed by atoms with Crippen molar-refractivity contribution in [2.24, 2.45) is 58.2 Å². The van der Waals surface area contributed by atoms with E-state index in [1.54, 1.807) is 0 Å². The first-order valence-corrected chi connectivity index (χ1v) is 16.5. The van der Waals surface area contributed by atoms with Crippen LogP contribution in [-0.4, -0.2) is 7.05 Å². The van der Waals surface area contributed by atoms with Crippen LogP contribution in [0.1, 0.15) is 111 Å². The van der Waals surface area contributed by atoms with Crippen LogP contribution in [0.25, 0.3) is 5.57 Å². The molecule has 0 heterocycles. The van der Waals surface area contributed by atoms with Crippen LogP contribution in [0.3, 0.4) is 0 Å². The molecule has 0 spiro atoms. The molecular formula is C37H58N2. The van der Waals surface area contributed by atoms with E-state index in [1.165, 1.54) is 75.3 Å². The lowest BCUT2D eigenvalue weighted by atomic mass is 9.45. The summed E-state index contributed by atoms with van der Waals surface area (Å²) in [5, 5.41) is 3.25. The predicted octanol–water partition coefficient (Wildman–Crippen LogP) is 10.2. The van der Waals surface area contributed by atoms with E-state index in [0.29, 0.717) is 10.8 Å². The first-order chi connectivity index (χ1) is 18.5. The second kappa shape index (κ2) is 11.3. The van der Waals surface area contributed by atoms with E-state index in [2.05, 4.69) is 70.8 Å². The number of nitrogens with one attached hydrogen (secondary N) is 1. The molecule has 0 saturated heterocycles. The van der Waals surface area contributed by atoms with Crippen molar-refractivity contribution in [2.75, 3.05) is 18.1 Å². The van der Waals surface area contributed by atoms with E-state index in [0.717, 1.165) is 65.1 Å². The number of nitrogen functional groups attached to an aromatic ring is 1. The Morgan fingerprint density at radius 1 is 0.974 bits per heavy atom. The van der Waals surface area contributed by atoms with E-state index >= 15 is 0 Å². The van der Waals surface area contributed by atoms with Crippen molar-refractivity contribution in [3.63, 3.8) is 0 Å². The van der Waals surface area contributed by atoms with Crippen LogP contribution in [0.5, 0.6) is 0 Å². The fourth-order valence-electron chi connectivity index (χ4n) is 10.4. The first kappa shape index (κ1) is 28.8. The molecule has 0 radical (unpaired) electrons. The number of nitrogens with two attached hydrogens (primary N) is 1. The van der Waals surface area contributed by atoms with Gasteiger partial charge >= 0.3 is 0 Å². The lowest BCUT2D eigenvalue weighted by Crippen LogP contribution is -2.52. The predicted molar refractivity (Wildman–Crippen MR) is 171 cm³/mol. The lowest BCUT2D eigenvalue weighted by molar-refractivity contribution is -0.0709. The molecule has 9 atom stereocenters. The van der Waals surface area contributed by atoms with Gasteiger partial charge in [0, 0.05) is 18.4 Å². The van der Waals surface area contributed by atoms with E-state index < -0.39 is 0 Å². The molecule has 2 nitrogen and oxygen atoms in total. The summed E-state index contributed by atoms with van der Waals surface area (Å²) in [5.41, 5.74) is 11.6. The van der Waals surface area contributed by atoms with Crippen LogP contribution in [0.2, 0.25) is 0 Å². The number of rotatable bonds is 9. The van der Waals surface area contributed by atoms with Gasteiger partial charge in [-0.3, -0.25) is 0 Å². The molecule has 3 N–H and O–H groups in total. The monoisotopic (exact) mass is 530 g/mol. The van der Waals surface area contributed by atoms with Crippen molar-refractivity contribution in [1.29, 1.82) is 0 Å². The van der Waals surface area contributed by atoms with Gasteiger partial charge in [0.15, 0.2) is 0 Å². The summed E-state index contributed by atoms with van der Waals surface area (Å²) in [7, 11) is 1.96. The molecule has 0 bridgehead atoms. The van der Waals surface area contributed by atoms with Crippen molar-refractivity contribution >= 4 is 16.9 Å². The Hall–Kier alpha value is -1.70. The van der Waals surface area contributed by atoms with Crippen LogP contribution in [-0.2, 0) is 0 Å². The molecule has 1 aromatic rings. The molecule has 0 amide bonds. The van der Waals surface area contributed by atoms with Gasteiger partial charge in [-0.1, -0.05) is 72.6 Å². The Labute approximate surface area is 240 Å². The largest absolute Gasteiger partial charge is 0.399 e. The van der Waals surface area contributed by atoms with Gasteiger partial charge in [0.1, 0.15) is 0 Å². The maximum atomic E-state index is 6.19. The molecule has 4 aliphatic rings. The maximum Gasteiger partial charge on any atom is 0.0364 e. The van der Waals surface area contributed by atoms with E-state index in [9.17, 15) is 0 Å². The number of benzene rings is 1. The van der Waals surface area contributed by atoms with Crippen LogP contribution < -0.4 is 11.1 Å². The van der Waals surface area contributed by atoms with Crippen molar-refractivity contribution in [2.45, 2.75) is 105 Å². The maximum absolute atomic E-state index is 6.19. The van der Waals surface area contributed by atoms with Crippen molar-refractivity contribution in [3.05, 3.63) is 42.5 Å². The molecule has 1 aromatic carbocycles. The SMILES string of the molecule is C=C(CC1CCC2(C)C(C=CC3C2CCC2(C)C(C(C)CCCC(C)C)CCC32)C1)c1cc(N)cc(NC)c1. The third kappa shape index (κ3) is 5.48. The van der Waals surface area contributed by atoms with Gasteiger partial charge in [-0.2, -0.15) is 0 Å².